The highest BCUT2D eigenvalue weighted by Crippen LogP contribution is 2.33. The number of halogens is 1. The van der Waals surface area contributed by atoms with Crippen molar-refractivity contribution in [2.75, 3.05) is 13.2 Å². The number of rotatable bonds is 5. The Morgan fingerprint density at radius 3 is 2.47 bits per heavy atom. The van der Waals surface area contributed by atoms with E-state index in [4.69, 9.17) is 4.74 Å². The fourth-order valence-corrected chi connectivity index (χ4v) is 2.92. The van der Waals surface area contributed by atoms with Gasteiger partial charge in [0, 0.05) is 19.2 Å². The summed E-state index contributed by atoms with van der Waals surface area (Å²) in [4.78, 5) is 0. The lowest BCUT2D eigenvalue weighted by Gasteiger charge is -2.35. The Balaban J connectivity index is 0.00000144. The highest BCUT2D eigenvalue weighted by atomic mass is 35.5. The minimum absolute atomic E-state index is 0. The van der Waals surface area contributed by atoms with Gasteiger partial charge in [-0.3, -0.25) is 0 Å². The van der Waals surface area contributed by atoms with Crippen LogP contribution in [0, 0.1) is 17.8 Å². The van der Waals surface area contributed by atoms with E-state index in [9.17, 15) is 0 Å². The predicted molar refractivity (Wildman–Crippen MR) is 74.7 cm³/mol. The second-order valence-corrected chi connectivity index (χ2v) is 6.02. The minimum atomic E-state index is 0. The van der Waals surface area contributed by atoms with Gasteiger partial charge in [-0.2, -0.15) is 0 Å². The first-order chi connectivity index (χ1) is 7.68. The van der Waals surface area contributed by atoms with Crippen LogP contribution in [0.5, 0.6) is 0 Å². The van der Waals surface area contributed by atoms with Gasteiger partial charge in [-0.15, -0.1) is 12.4 Å². The first kappa shape index (κ1) is 15.3. The van der Waals surface area contributed by atoms with Crippen LogP contribution in [0.1, 0.15) is 46.5 Å². The molecule has 102 valence electrons. The maximum Gasteiger partial charge on any atom is 0.0638 e. The summed E-state index contributed by atoms with van der Waals surface area (Å²) in [5, 5.41) is 3.72. The molecule has 3 atom stereocenters. The molecule has 1 N–H and O–H groups in total. The molecule has 2 fully saturated rings. The lowest BCUT2D eigenvalue weighted by atomic mass is 9.87. The SMILES string of the molecule is CC(C)C1OCCCC1CNC(C)C1CC1.Cl. The van der Waals surface area contributed by atoms with Crippen LogP contribution in [-0.2, 0) is 4.74 Å². The summed E-state index contributed by atoms with van der Waals surface area (Å²) in [7, 11) is 0. The van der Waals surface area contributed by atoms with Crippen molar-refractivity contribution in [3.8, 4) is 0 Å². The van der Waals surface area contributed by atoms with Crippen molar-refractivity contribution in [3.63, 3.8) is 0 Å². The second-order valence-electron chi connectivity index (χ2n) is 6.02. The van der Waals surface area contributed by atoms with Crippen molar-refractivity contribution in [1.29, 1.82) is 0 Å². The van der Waals surface area contributed by atoms with Gasteiger partial charge in [0.15, 0.2) is 0 Å². The molecule has 0 aromatic carbocycles. The number of ether oxygens (including phenoxy) is 1. The minimum Gasteiger partial charge on any atom is -0.378 e. The molecule has 2 nitrogen and oxygen atoms in total. The molecule has 1 saturated heterocycles. The van der Waals surface area contributed by atoms with Crippen molar-refractivity contribution in [3.05, 3.63) is 0 Å². The van der Waals surface area contributed by atoms with E-state index in [-0.39, 0.29) is 12.4 Å². The Labute approximate surface area is 112 Å². The van der Waals surface area contributed by atoms with Gasteiger partial charge < -0.3 is 10.1 Å². The van der Waals surface area contributed by atoms with Gasteiger partial charge in [0.05, 0.1) is 6.10 Å². The van der Waals surface area contributed by atoms with Crippen LogP contribution < -0.4 is 5.32 Å². The largest absolute Gasteiger partial charge is 0.378 e. The fourth-order valence-electron chi connectivity index (χ4n) is 2.92. The maximum absolute atomic E-state index is 5.92. The van der Waals surface area contributed by atoms with Gasteiger partial charge in [0.2, 0.25) is 0 Å². The monoisotopic (exact) mass is 261 g/mol. The smallest absolute Gasteiger partial charge is 0.0638 e. The second kappa shape index (κ2) is 6.96. The molecule has 0 aromatic rings. The Bertz CT molecular complexity index is 218. The lowest BCUT2D eigenvalue weighted by Crippen LogP contribution is -2.42. The Morgan fingerprint density at radius 1 is 1.18 bits per heavy atom. The van der Waals surface area contributed by atoms with Crippen molar-refractivity contribution in [2.45, 2.75) is 58.6 Å². The van der Waals surface area contributed by atoms with E-state index in [1.165, 1.54) is 25.7 Å². The third-order valence-electron chi connectivity index (χ3n) is 4.18. The van der Waals surface area contributed by atoms with E-state index in [0.717, 1.165) is 31.0 Å². The highest BCUT2D eigenvalue weighted by Gasteiger charge is 2.31. The van der Waals surface area contributed by atoms with Crippen LogP contribution in [0.4, 0.5) is 0 Å². The van der Waals surface area contributed by atoms with Gasteiger partial charge in [-0.1, -0.05) is 13.8 Å². The van der Waals surface area contributed by atoms with Crippen LogP contribution in [0.2, 0.25) is 0 Å². The van der Waals surface area contributed by atoms with Crippen LogP contribution in [-0.4, -0.2) is 25.3 Å². The van der Waals surface area contributed by atoms with Crippen molar-refractivity contribution >= 4 is 12.4 Å². The van der Waals surface area contributed by atoms with Crippen LogP contribution in [0.3, 0.4) is 0 Å². The summed E-state index contributed by atoms with van der Waals surface area (Å²) in [6, 6.07) is 0.717. The summed E-state index contributed by atoms with van der Waals surface area (Å²) in [5.74, 6) is 2.35. The first-order valence-electron chi connectivity index (χ1n) is 7.03. The molecule has 1 aliphatic heterocycles. The van der Waals surface area contributed by atoms with Gasteiger partial charge in [0.25, 0.3) is 0 Å². The average molecular weight is 262 g/mol. The topological polar surface area (TPSA) is 21.3 Å². The molecule has 17 heavy (non-hydrogen) atoms. The average Bonchev–Trinajstić information content (AvgIpc) is 3.10. The third kappa shape index (κ3) is 4.42. The zero-order valence-corrected chi connectivity index (χ0v) is 12.3. The zero-order chi connectivity index (χ0) is 11.5. The predicted octanol–water partition coefficient (Wildman–Crippen LogP) is 3.25. The Kier molecular flexibility index (Phi) is 6.25. The van der Waals surface area contributed by atoms with E-state index in [2.05, 4.69) is 26.1 Å². The highest BCUT2D eigenvalue weighted by molar-refractivity contribution is 5.85. The molecular weight excluding hydrogens is 234 g/mol. The van der Waals surface area contributed by atoms with Crippen LogP contribution in [0.25, 0.3) is 0 Å². The summed E-state index contributed by atoms with van der Waals surface area (Å²) in [6.45, 7) is 9.03. The normalized spacial score (nSPS) is 31.1. The molecule has 0 bridgehead atoms. The zero-order valence-electron chi connectivity index (χ0n) is 11.4. The molecule has 2 rings (SSSR count). The van der Waals surface area contributed by atoms with E-state index in [1.807, 2.05) is 0 Å². The number of nitrogens with one attached hydrogen (secondary N) is 1. The fraction of sp³-hybridized carbons (Fsp3) is 1.00. The van der Waals surface area contributed by atoms with Crippen LogP contribution in [0.15, 0.2) is 0 Å². The number of hydrogen-bond acceptors (Lipinski definition) is 2. The third-order valence-corrected chi connectivity index (χ3v) is 4.18. The van der Waals surface area contributed by atoms with E-state index >= 15 is 0 Å². The molecule has 0 amide bonds. The van der Waals surface area contributed by atoms with Crippen molar-refractivity contribution in [2.24, 2.45) is 17.8 Å². The summed E-state index contributed by atoms with van der Waals surface area (Å²) in [5.41, 5.74) is 0. The molecule has 1 heterocycles. The van der Waals surface area contributed by atoms with Crippen LogP contribution >= 0.6 is 12.4 Å². The molecule has 1 aliphatic carbocycles. The molecule has 3 unspecified atom stereocenters. The molecule has 1 saturated carbocycles. The molecular formula is C14H28ClNO. The molecule has 0 aromatic heterocycles. The van der Waals surface area contributed by atoms with Gasteiger partial charge in [-0.05, 0) is 50.4 Å². The Morgan fingerprint density at radius 2 is 1.88 bits per heavy atom. The van der Waals surface area contributed by atoms with E-state index in [1.54, 1.807) is 0 Å². The van der Waals surface area contributed by atoms with Crippen molar-refractivity contribution < 1.29 is 4.74 Å². The molecule has 3 heteroatoms. The van der Waals surface area contributed by atoms with Gasteiger partial charge >= 0.3 is 0 Å². The maximum atomic E-state index is 5.92. The summed E-state index contributed by atoms with van der Waals surface area (Å²) < 4.78 is 5.92. The summed E-state index contributed by atoms with van der Waals surface area (Å²) >= 11 is 0. The van der Waals surface area contributed by atoms with Crippen molar-refractivity contribution in [1.82, 2.24) is 5.32 Å². The number of hydrogen-bond donors (Lipinski definition) is 1. The molecule has 0 spiro atoms. The quantitative estimate of drug-likeness (QED) is 0.820. The van der Waals surface area contributed by atoms with E-state index in [0.29, 0.717) is 12.0 Å². The Hall–Kier alpha value is 0.210. The standard InChI is InChI=1S/C14H27NO.ClH/c1-10(2)14-13(5-4-8-16-14)9-15-11(3)12-6-7-12;/h10-15H,4-9H2,1-3H3;1H. The molecule has 2 aliphatic rings. The van der Waals surface area contributed by atoms with E-state index < -0.39 is 0 Å². The first-order valence-corrected chi connectivity index (χ1v) is 7.03. The van der Waals surface area contributed by atoms with Gasteiger partial charge in [0.1, 0.15) is 0 Å². The lowest BCUT2D eigenvalue weighted by molar-refractivity contribution is -0.0522. The summed E-state index contributed by atoms with van der Waals surface area (Å²) in [6.07, 6.45) is 5.93. The van der Waals surface area contributed by atoms with Gasteiger partial charge in [-0.25, -0.2) is 0 Å². The molecule has 0 radical (unpaired) electrons.